The molecule has 0 spiro atoms. The van der Waals surface area contributed by atoms with E-state index in [-0.39, 0.29) is 22.9 Å². The van der Waals surface area contributed by atoms with E-state index >= 15 is 0 Å². The fraction of sp³-hybridized carbons (Fsp3) is 0.588. The third-order valence-electron chi connectivity index (χ3n) is 4.93. The Morgan fingerprint density at radius 2 is 1.87 bits per heavy atom. The molecule has 2 bridgehead atoms. The quantitative estimate of drug-likeness (QED) is 0.914. The summed E-state index contributed by atoms with van der Waals surface area (Å²) in [6, 6.07) is 7.02. The highest BCUT2D eigenvalue weighted by Crippen LogP contribution is 2.31. The Labute approximate surface area is 138 Å². The van der Waals surface area contributed by atoms with Crippen LogP contribution < -0.4 is 5.32 Å². The molecule has 0 aromatic heterocycles. The average Bonchev–Trinajstić information content (AvgIpc) is 2.79. The average molecular weight is 336 g/mol. The minimum Gasteiger partial charge on any atom is -0.331 e. The first-order chi connectivity index (χ1) is 10.9. The van der Waals surface area contributed by atoms with Crippen molar-refractivity contribution < 1.29 is 13.2 Å². The molecule has 2 unspecified atom stereocenters. The summed E-state index contributed by atoms with van der Waals surface area (Å²) in [5.41, 5.74) is 0.319. The van der Waals surface area contributed by atoms with Crippen LogP contribution in [0.15, 0.2) is 29.2 Å². The van der Waals surface area contributed by atoms with Gasteiger partial charge < -0.3 is 10.2 Å². The number of hydrogen-bond acceptors (Lipinski definition) is 4. The highest BCUT2D eigenvalue weighted by Gasteiger charge is 2.39. The Bertz CT molecular complexity index is 686. The molecule has 1 aromatic carbocycles. The number of carbonyl (C=O) groups excluding carboxylic acids is 1. The van der Waals surface area contributed by atoms with Gasteiger partial charge in [0.05, 0.1) is 15.7 Å². The van der Waals surface area contributed by atoms with Gasteiger partial charge >= 0.3 is 0 Å². The Morgan fingerprint density at radius 3 is 2.61 bits per heavy atom. The molecule has 2 heterocycles. The van der Waals surface area contributed by atoms with Crippen molar-refractivity contribution in [2.45, 2.75) is 55.3 Å². The molecular weight excluding hydrogens is 312 g/mol. The van der Waals surface area contributed by atoms with E-state index in [0.29, 0.717) is 5.56 Å². The topological polar surface area (TPSA) is 66.5 Å². The predicted octanol–water partition coefficient (Wildman–Crippen LogP) is 1.84. The maximum Gasteiger partial charge on any atom is 0.255 e. The predicted molar refractivity (Wildman–Crippen MR) is 89.2 cm³/mol. The van der Waals surface area contributed by atoms with Gasteiger partial charge in [0.2, 0.25) is 0 Å². The number of benzene rings is 1. The molecule has 23 heavy (non-hydrogen) atoms. The summed E-state index contributed by atoms with van der Waals surface area (Å²) in [5.74, 6) is -0.138. The molecule has 2 fully saturated rings. The van der Waals surface area contributed by atoms with Crippen LogP contribution in [0.3, 0.4) is 0 Å². The van der Waals surface area contributed by atoms with Crippen molar-refractivity contribution in [3.05, 3.63) is 29.8 Å². The van der Waals surface area contributed by atoms with Crippen LogP contribution in [0.2, 0.25) is 0 Å². The first kappa shape index (κ1) is 16.5. The molecule has 6 heteroatoms. The van der Waals surface area contributed by atoms with Gasteiger partial charge in [-0.3, -0.25) is 4.79 Å². The zero-order valence-corrected chi connectivity index (χ0v) is 14.5. The Balaban J connectivity index is 2.01. The van der Waals surface area contributed by atoms with Gasteiger partial charge in [-0.05, 0) is 51.8 Å². The highest BCUT2D eigenvalue weighted by molar-refractivity contribution is 7.92. The van der Waals surface area contributed by atoms with E-state index in [2.05, 4.69) is 5.32 Å². The molecule has 1 N–H and O–H groups in total. The molecule has 5 nitrogen and oxygen atoms in total. The van der Waals surface area contributed by atoms with E-state index in [9.17, 15) is 13.2 Å². The number of carbonyl (C=O) groups is 1. The van der Waals surface area contributed by atoms with E-state index in [1.54, 1.807) is 38.1 Å². The lowest BCUT2D eigenvalue weighted by Crippen LogP contribution is -2.43. The summed E-state index contributed by atoms with van der Waals surface area (Å²) in [5, 5.41) is 2.82. The molecule has 1 amide bonds. The number of fused-ring (bicyclic) bond motifs is 2. The number of nitrogens with one attached hydrogen (secondary N) is 1. The number of rotatable bonds is 3. The summed E-state index contributed by atoms with van der Waals surface area (Å²) < 4.78 is 25.2. The summed E-state index contributed by atoms with van der Waals surface area (Å²) in [7, 11) is -3.48. The van der Waals surface area contributed by atoms with Crippen molar-refractivity contribution in [3.63, 3.8) is 0 Å². The second-order valence-corrected chi connectivity index (χ2v) is 9.15. The van der Waals surface area contributed by atoms with E-state index < -0.39 is 15.1 Å². The second-order valence-electron chi connectivity index (χ2n) is 6.68. The molecule has 1 aromatic rings. The van der Waals surface area contributed by atoms with Crippen LogP contribution in [0.5, 0.6) is 0 Å². The summed E-state index contributed by atoms with van der Waals surface area (Å²) in [6.45, 7) is 5.00. The van der Waals surface area contributed by atoms with Gasteiger partial charge in [0, 0.05) is 18.6 Å². The normalized spacial score (nSPS) is 24.7. The second kappa shape index (κ2) is 6.24. The van der Waals surface area contributed by atoms with Crippen molar-refractivity contribution in [1.29, 1.82) is 0 Å². The smallest absolute Gasteiger partial charge is 0.255 e. The van der Waals surface area contributed by atoms with Gasteiger partial charge in [0.15, 0.2) is 9.84 Å². The first-order valence-electron chi connectivity index (χ1n) is 8.29. The van der Waals surface area contributed by atoms with Gasteiger partial charge in [-0.25, -0.2) is 8.42 Å². The fourth-order valence-corrected chi connectivity index (χ4v) is 4.84. The molecule has 2 saturated heterocycles. The zero-order valence-electron chi connectivity index (χ0n) is 13.7. The van der Waals surface area contributed by atoms with Gasteiger partial charge in [-0.15, -0.1) is 0 Å². The minimum atomic E-state index is -3.48. The molecule has 0 radical (unpaired) electrons. The van der Waals surface area contributed by atoms with Crippen molar-refractivity contribution in [2.24, 2.45) is 0 Å². The highest BCUT2D eigenvalue weighted by atomic mass is 32.2. The van der Waals surface area contributed by atoms with Crippen LogP contribution in [0.4, 0.5) is 0 Å². The Hall–Kier alpha value is -1.40. The van der Waals surface area contributed by atoms with Gasteiger partial charge in [-0.2, -0.15) is 0 Å². The zero-order chi connectivity index (χ0) is 16.6. The minimum absolute atomic E-state index is 0.138. The number of hydrogen-bond donors (Lipinski definition) is 1. The molecule has 2 aliphatic rings. The molecule has 0 aliphatic carbocycles. The van der Waals surface area contributed by atoms with Crippen molar-refractivity contribution in [3.8, 4) is 0 Å². The van der Waals surface area contributed by atoms with Crippen molar-refractivity contribution >= 4 is 15.7 Å². The van der Waals surface area contributed by atoms with Crippen LogP contribution in [-0.2, 0) is 9.84 Å². The molecule has 2 aliphatic heterocycles. The van der Waals surface area contributed by atoms with E-state index in [1.807, 2.05) is 4.90 Å². The lowest BCUT2D eigenvalue weighted by molar-refractivity contribution is 0.0676. The van der Waals surface area contributed by atoms with Crippen molar-refractivity contribution in [1.82, 2.24) is 10.2 Å². The number of nitrogens with zero attached hydrogens (tertiary/aromatic N) is 1. The largest absolute Gasteiger partial charge is 0.331 e. The lowest BCUT2D eigenvalue weighted by atomic mass is 10.1. The van der Waals surface area contributed by atoms with Crippen LogP contribution in [-0.4, -0.2) is 49.6 Å². The third-order valence-corrected chi connectivity index (χ3v) is 7.14. The SMILES string of the molecule is CC(C)S(=O)(=O)c1ccccc1C(=O)N1C2CCNCC1CC2. The lowest BCUT2D eigenvalue weighted by Gasteiger charge is -2.28. The third kappa shape index (κ3) is 2.90. The van der Waals surface area contributed by atoms with Gasteiger partial charge in [-0.1, -0.05) is 12.1 Å². The maximum atomic E-state index is 13.1. The maximum absolute atomic E-state index is 13.1. The summed E-state index contributed by atoms with van der Waals surface area (Å²) in [6.07, 6.45) is 2.93. The standard InChI is InChI=1S/C17H24N2O3S/c1-12(2)23(21,22)16-6-4-3-5-15(16)17(20)19-13-7-8-14(19)11-18-10-9-13/h3-6,12-14,18H,7-11H2,1-2H3. The molecular formula is C17H24N2O3S. The number of amides is 1. The van der Waals surface area contributed by atoms with Gasteiger partial charge in [0.25, 0.3) is 5.91 Å². The van der Waals surface area contributed by atoms with E-state index in [1.165, 1.54) is 0 Å². The van der Waals surface area contributed by atoms with Gasteiger partial charge in [0.1, 0.15) is 0 Å². The summed E-state index contributed by atoms with van der Waals surface area (Å²) >= 11 is 0. The van der Waals surface area contributed by atoms with Crippen LogP contribution in [0.25, 0.3) is 0 Å². The Morgan fingerprint density at radius 1 is 1.17 bits per heavy atom. The Kier molecular flexibility index (Phi) is 4.47. The first-order valence-corrected chi connectivity index (χ1v) is 9.84. The monoisotopic (exact) mass is 336 g/mol. The molecule has 2 atom stereocenters. The van der Waals surface area contributed by atoms with Crippen LogP contribution in [0.1, 0.15) is 43.5 Å². The van der Waals surface area contributed by atoms with E-state index in [4.69, 9.17) is 0 Å². The molecule has 0 saturated carbocycles. The molecule has 126 valence electrons. The molecule has 3 rings (SSSR count). The summed E-state index contributed by atoms with van der Waals surface area (Å²) in [4.78, 5) is 15.2. The van der Waals surface area contributed by atoms with Crippen LogP contribution >= 0.6 is 0 Å². The van der Waals surface area contributed by atoms with Crippen molar-refractivity contribution in [2.75, 3.05) is 13.1 Å². The fourth-order valence-electron chi connectivity index (χ4n) is 3.60. The van der Waals surface area contributed by atoms with E-state index in [0.717, 1.165) is 32.4 Å². The number of sulfone groups is 1. The van der Waals surface area contributed by atoms with Crippen LogP contribution in [0, 0.1) is 0 Å².